The van der Waals surface area contributed by atoms with E-state index in [2.05, 4.69) is 76.5 Å². The fourth-order valence-electron chi connectivity index (χ4n) is 6.42. The van der Waals surface area contributed by atoms with Gasteiger partial charge in [0.25, 0.3) is 0 Å². The lowest BCUT2D eigenvalue weighted by Crippen LogP contribution is -2.22. The van der Waals surface area contributed by atoms with Crippen LogP contribution in [0.3, 0.4) is 0 Å². The highest BCUT2D eigenvalue weighted by atomic mass is 35.5. The third-order valence-electron chi connectivity index (χ3n) is 9.31. The van der Waals surface area contributed by atoms with E-state index in [0.717, 1.165) is 63.2 Å². The van der Waals surface area contributed by atoms with Crippen LogP contribution >= 0.6 is 11.6 Å². The lowest BCUT2D eigenvalue weighted by Gasteiger charge is -2.19. The summed E-state index contributed by atoms with van der Waals surface area (Å²) in [4.78, 5) is 10.8. The van der Waals surface area contributed by atoms with Crippen molar-refractivity contribution >= 4 is 11.6 Å². The molecule has 3 heterocycles. The SMILES string of the molecule is Cc1c(COc2cc(OCc3cncc(C#N)c3)c(CNCc3ccncc3)cc2Cl)cccc1-c1cccc(OCCCN2CCCC2)c1C. The van der Waals surface area contributed by atoms with Gasteiger partial charge in [0.05, 0.1) is 17.2 Å². The molecule has 0 bridgehead atoms. The van der Waals surface area contributed by atoms with Gasteiger partial charge < -0.3 is 24.4 Å². The molecule has 8 nitrogen and oxygen atoms in total. The minimum Gasteiger partial charge on any atom is -0.493 e. The molecule has 1 N–H and O–H groups in total. The van der Waals surface area contributed by atoms with E-state index >= 15 is 0 Å². The van der Waals surface area contributed by atoms with Gasteiger partial charge >= 0.3 is 0 Å². The molecule has 3 aromatic carbocycles. The van der Waals surface area contributed by atoms with Crippen molar-refractivity contribution in [3.05, 3.63) is 135 Å². The summed E-state index contributed by atoms with van der Waals surface area (Å²) in [5, 5.41) is 13.3. The molecular weight excluding hydrogens is 658 g/mol. The van der Waals surface area contributed by atoms with Gasteiger partial charge in [0.15, 0.2) is 0 Å². The molecule has 0 spiro atoms. The Hall–Kier alpha value is -4.94. The highest BCUT2D eigenvalue weighted by Crippen LogP contribution is 2.36. The van der Waals surface area contributed by atoms with Gasteiger partial charge in [-0.05, 0) is 110 Å². The number of likely N-dealkylation sites (tertiary alicyclic amines) is 1. The summed E-state index contributed by atoms with van der Waals surface area (Å²) in [7, 11) is 0. The van der Waals surface area contributed by atoms with Crippen LogP contribution in [0.1, 0.15) is 58.2 Å². The van der Waals surface area contributed by atoms with Crippen LogP contribution < -0.4 is 19.5 Å². The minimum atomic E-state index is 0.239. The van der Waals surface area contributed by atoms with Crippen molar-refractivity contribution in [1.82, 2.24) is 20.2 Å². The first-order chi connectivity index (χ1) is 25.0. The number of benzene rings is 3. The van der Waals surface area contributed by atoms with Crippen LogP contribution in [0.15, 0.2) is 91.5 Å². The van der Waals surface area contributed by atoms with E-state index in [0.29, 0.717) is 48.4 Å². The molecule has 0 aliphatic carbocycles. The Labute approximate surface area is 306 Å². The van der Waals surface area contributed by atoms with Crippen LogP contribution in [0.4, 0.5) is 0 Å². The maximum absolute atomic E-state index is 9.32. The molecule has 262 valence electrons. The second kappa shape index (κ2) is 17.8. The molecule has 1 saturated heterocycles. The molecule has 9 heteroatoms. The molecule has 0 unspecified atom stereocenters. The van der Waals surface area contributed by atoms with E-state index in [9.17, 15) is 5.26 Å². The summed E-state index contributed by atoms with van der Waals surface area (Å²) in [6.07, 6.45) is 10.4. The van der Waals surface area contributed by atoms with Crippen molar-refractivity contribution in [2.24, 2.45) is 0 Å². The molecule has 0 saturated carbocycles. The van der Waals surface area contributed by atoms with Crippen molar-refractivity contribution in [3.8, 4) is 34.4 Å². The summed E-state index contributed by atoms with van der Waals surface area (Å²) >= 11 is 6.84. The van der Waals surface area contributed by atoms with E-state index in [-0.39, 0.29) is 6.61 Å². The zero-order valence-corrected chi connectivity index (χ0v) is 30.1. The first kappa shape index (κ1) is 35.9. The molecule has 51 heavy (non-hydrogen) atoms. The summed E-state index contributed by atoms with van der Waals surface area (Å²) in [6.45, 7) is 10.2. The number of nitrogens with one attached hydrogen (secondary N) is 1. The number of aromatic nitrogens is 2. The standard InChI is InChI=1S/C42H44ClN5O3/c1-30-35(8-5-9-37(30)38-10-6-11-40(31(38)2)49-19-7-18-48-16-3-4-17-48)29-51-42-22-41(50-28-34-20-33(23-44)25-46-26-34)36(21-39(42)43)27-47-24-32-12-14-45-15-13-32/h5-6,8-15,20-22,25-26,47H,3-4,7,16-19,24,27-29H2,1-2H3. The van der Waals surface area contributed by atoms with Gasteiger partial charge in [-0.3, -0.25) is 9.97 Å². The number of hydrogen-bond donors (Lipinski definition) is 1. The molecule has 5 aromatic rings. The van der Waals surface area contributed by atoms with Crippen LogP contribution in [0.25, 0.3) is 11.1 Å². The third-order valence-corrected chi connectivity index (χ3v) is 9.60. The molecule has 1 aliphatic rings. The average Bonchev–Trinajstić information content (AvgIpc) is 3.68. The Morgan fingerprint density at radius 2 is 1.53 bits per heavy atom. The predicted octanol–water partition coefficient (Wildman–Crippen LogP) is 8.60. The van der Waals surface area contributed by atoms with E-state index in [1.165, 1.54) is 32.1 Å². The summed E-state index contributed by atoms with van der Waals surface area (Å²) in [6, 6.07) is 24.2. The maximum Gasteiger partial charge on any atom is 0.142 e. The normalized spacial score (nSPS) is 12.8. The van der Waals surface area contributed by atoms with Gasteiger partial charge in [0.2, 0.25) is 0 Å². The van der Waals surface area contributed by atoms with E-state index in [4.69, 9.17) is 25.8 Å². The highest BCUT2D eigenvalue weighted by molar-refractivity contribution is 6.32. The number of pyridine rings is 2. The molecular formula is C42H44ClN5O3. The lowest BCUT2D eigenvalue weighted by atomic mass is 9.93. The second-order valence-electron chi connectivity index (χ2n) is 12.9. The Bertz CT molecular complexity index is 1960. The Morgan fingerprint density at radius 1 is 0.765 bits per heavy atom. The first-order valence-corrected chi connectivity index (χ1v) is 17.9. The summed E-state index contributed by atoms with van der Waals surface area (Å²) in [5.74, 6) is 2.09. The number of rotatable bonds is 16. The van der Waals surface area contributed by atoms with Gasteiger partial charge in [0.1, 0.15) is 36.5 Å². The van der Waals surface area contributed by atoms with Crippen LogP contribution in [0.2, 0.25) is 5.02 Å². The average molecular weight is 702 g/mol. The van der Waals surface area contributed by atoms with E-state index < -0.39 is 0 Å². The van der Waals surface area contributed by atoms with Crippen molar-refractivity contribution in [2.45, 2.75) is 59.4 Å². The number of halogens is 1. The topological polar surface area (TPSA) is 92.5 Å². The monoisotopic (exact) mass is 701 g/mol. The summed E-state index contributed by atoms with van der Waals surface area (Å²) in [5.41, 5.74) is 8.92. The van der Waals surface area contributed by atoms with Crippen LogP contribution in [-0.4, -0.2) is 41.1 Å². The number of hydrogen-bond acceptors (Lipinski definition) is 8. The molecule has 0 radical (unpaired) electrons. The molecule has 1 aliphatic heterocycles. The van der Waals surface area contributed by atoms with Crippen molar-refractivity contribution in [1.29, 1.82) is 5.26 Å². The van der Waals surface area contributed by atoms with Crippen LogP contribution in [-0.2, 0) is 26.3 Å². The predicted molar refractivity (Wildman–Crippen MR) is 201 cm³/mol. The quantitative estimate of drug-likeness (QED) is 0.102. The Balaban J connectivity index is 1.16. The number of nitriles is 1. The molecule has 0 amide bonds. The minimum absolute atomic E-state index is 0.239. The Kier molecular flexibility index (Phi) is 12.5. The molecule has 0 atom stereocenters. The van der Waals surface area contributed by atoms with Crippen molar-refractivity contribution < 1.29 is 14.2 Å². The number of nitrogens with zero attached hydrogens (tertiary/aromatic N) is 4. The third kappa shape index (κ3) is 9.65. The molecule has 6 rings (SSSR count). The van der Waals surface area contributed by atoms with E-state index in [1.807, 2.05) is 24.3 Å². The van der Waals surface area contributed by atoms with Gasteiger partial charge in [-0.2, -0.15) is 5.26 Å². The maximum atomic E-state index is 9.32. The lowest BCUT2D eigenvalue weighted by molar-refractivity contribution is 0.262. The fourth-order valence-corrected chi connectivity index (χ4v) is 6.66. The van der Waals surface area contributed by atoms with Gasteiger partial charge in [-0.25, -0.2) is 0 Å². The Morgan fingerprint density at radius 3 is 2.33 bits per heavy atom. The summed E-state index contributed by atoms with van der Waals surface area (Å²) < 4.78 is 19.0. The fraction of sp³-hybridized carbons (Fsp3) is 0.310. The first-order valence-electron chi connectivity index (χ1n) is 17.5. The van der Waals surface area contributed by atoms with E-state index in [1.54, 1.807) is 24.7 Å². The molecule has 1 fully saturated rings. The van der Waals surface area contributed by atoms with Gasteiger partial charge in [-0.1, -0.05) is 41.9 Å². The van der Waals surface area contributed by atoms with Crippen LogP contribution in [0.5, 0.6) is 17.2 Å². The van der Waals surface area contributed by atoms with Crippen molar-refractivity contribution in [3.63, 3.8) is 0 Å². The largest absolute Gasteiger partial charge is 0.493 e. The highest BCUT2D eigenvalue weighted by Gasteiger charge is 2.16. The van der Waals surface area contributed by atoms with Gasteiger partial charge in [0, 0.05) is 61.6 Å². The second-order valence-corrected chi connectivity index (χ2v) is 13.3. The zero-order chi connectivity index (χ0) is 35.4. The molecule has 2 aromatic heterocycles. The number of ether oxygens (including phenoxy) is 3. The zero-order valence-electron chi connectivity index (χ0n) is 29.3. The smallest absolute Gasteiger partial charge is 0.142 e. The van der Waals surface area contributed by atoms with Gasteiger partial charge in [-0.15, -0.1) is 0 Å². The van der Waals surface area contributed by atoms with Crippen LogP contribution in [0, 0.1) is 25.2 Å². The van der Waals surface area contributed by atoms with Crippen molar-refractivity contribution in [2.75, 3.05) is 26.2 Å².